The predicted molar refractivity (Wildman–Crippen MR) is 132 cm³/mol. The molecule has 1 saturated heterocycles. The minimum absolute atomic E-state index is 0.0920. The maximum atomic E-state index is 13.3. The number of amides is 1. The Morgan fingerprint density at radius 1 is 1.17 bits per heavy atom. The summed E-state index contributed by atoms with van der Waals surface area (Å²) in [6.45, 7) is 2.77. The van der Waals surface area contributed by atoms with E-state index in [1.165, 1.54) is 12.1 Å². The maximum absolute atomic E-state index is 13.3. The number of aryl methyl sites for hydroxylation is 1. The lowest BCUT2D eigenvalue weighted by molar-refractivity contribution is -0.139. The van der Waals surface area contributed by atoms with Crippen LogP contribution in [0.3, 0.4) is 0 Å². The van der Waals surface area contributed by atoms with E-state index in [0.29, 0.717) is 18.8 Å². The lowest BCUT2D eigenvalue weighted by Gasteiger charge is -2.40. The summed E-state index contributed by atoms with van der Waals surface area (Å²) in [5, 5.41) is 9.43. The molecule has 10 heteroatoms. The third-order valence-corrected chi connectivity index (χ3v) is 8.41. The van der Waals surface area contributed by atoms with Gasteiger partial charge in [0.15, 0.2) is 9.84 Å². The highest BCUT2D eigenvalue weighted by molar-refractivity contribution is 7.91. The molecule has 0 atom stereocenters. The average Bonchev–Trinajstić information content (AvgIpc) is 3.20. The molecule has 184 valence electrons. The number of hydrogen-bond donors (Lipinski definition) is 2. The van der Waals surface area contributed by atoms with Crippen molar-refractivity contribution in [3.05, 3.63) is 48.5 Å². The Morgan fingerprint density at radius 2 is 1.86 bits per heavy atom. The van der Waals surface area contributed by atoms with Gasteiger partial charge in [-0.2, -0.15) is 0 Å². The second kappa shape index (κ2) is 9.98. The van der Waals surface area contributed by atoms with Crippen LogP contribution in [0.4, 0.5) is 5.95 Å². The number of imidazole rings is 1. The number of hydrogen-bond acceptors (Lipinski definition) is 7. The van der Waals surface area contributed by atoms with E-state index in [1.54, 1.807) is 24.5 Å². The van der Waals surface area contributed by atoms with Crippen LogP contribution < -0.4 is 15.1 Å². The molecule has 3 aromatic rings. The van der Waals surface area contributed by atoms with Gasteiger partial charge >= 0.3 is 0 Å². The van der Waals surface area contributed by atoms with Crippen molar-refractivity contribution in [3.63, 3.8) is 0 Å². The molecule has 35 heavy (non-hydrogen) atoms. The lowest BCUT2D eigenvalue weighted by Crippen LogP contribution is -2.52. The van der Waals surface area contributed by atoms with E-state index in [0.717, 1.165) is 17.0 Å². The molecule has 0 unspecified atom stereocenters. The Balaban J connectivity index is 1.52. The van der Waals surface area contributed by atoms with E-state index in [-0.39, 0.29) is 24.3 Å². The zero-order chi connectivity index (χ0) is 25.1. The molecule has 0 spiro atoms. The number of ether oxygens (including phenoxy) is 1. The second-order valence-corrected chi connectivity index (χ2v) is 10.6. The summed E-state index contributed by atoms with van der Waals surface area (Å²) in [6.07, 6.45) is 0.497. The largest absolute Gasteiger partial charge is 0.481 e. The molecule has 2 N–H and O–H groups in total. The number of benzene rings is 2. The first-order valence-corrected chi connectivity index (χ1v) is 12.9. The highest BCUT2D eigenvalue weighted by Crippen LogP contribution is 2.37. The average molecular weight is 497 g/mol. The monoisotopic (exact) mass is 496 g/mol. The van der Waals surface area contributed by atoms with Crippen molar-refractivity contribution in [3.8, 4) is 17.6 Å². The second-order valence-electron chi connectivity index (χ2n) is 8.61. The lowest BCUT2D eigenvalue weighted by atomic mass is 9.79. The van der Waals surface area contributed by atoms with Crippen LogP contribution >= 0.6 is 0 Å². The zero-order valence-corrected chi connectivity index (χ0v) is 20.5. The third-order valence-electron chi connectivity index (χ3n) is 6.49. The molecule has 2 heterocycles. The van der Waals surface area contributed by atoms with Crippen LogP contribution in [0.25, 0.3) is 11.0 Å². The van der Waals surface area contributed by atoms with Gasteiger partial charge in [0.05, 0.1) is 27.1 Å². The number of sulfone groups is 1. The molecule has 0 saturated carbocycles. The van der Waals surface area contributed by atoms with Gasteiger partial charge in [0.2, 0.25) is 5.95 Å². The highest BCUT2D eigenvalue weighted by Gasteiger charge is 2.45. The Hall–Kier alpha value is -3.55. The van der Waals surface area contributed by atoms with E-state index >= 15 is 0 Å². The van der Waals surface area contributed by atoms with Gasteiger partial charge in [-0.15, -0.1) is 5.92 Å². The Morgan fingerprint density at radius 3 is 2.49 bits per heavy atom. The Kier molecular flexibility index (Phi) is 7.00. The van der Waals surface area contributed by atoms with E-state index in [2.05, 4.69) is 11.8 Å². The number of para-hydroxylation sites is 2. The number of nitrogens with zero attached hydrogens (tertiary/aromatic N) is 3. The van der Waals surface area contributed by atoms with Crippen LogP contribution in [0, 0.1) is 17.3 Å². The fraction of sp³-hybridized carbons (Fsp3) is 0.360. The van der Waals surface area contributed by atoms with Crippen LogP contribution in [0.2, 0.25) is 0 Å². The van der Waals surface area contributed by atoms with Crippen molar-refractivity contribution in [2.45, 2.75) is 24.7 Å². The Bertz CT molecular complexity index is 1380. The first-order valence-electron chi connectivity index (χ1n) is 11.3. The smallest absolute Gasteiger partial charge is 0.250 e. The molecule has 1 aromatic heterocycles. The number of aromatic nitrogens is 2. The summed E-state index contributed by atoms with van der Waals surface area (Å²) < 4.78 is 34.0. The summed E-state index contributed by atoms with van der Waals surface area (Å²) in [4.78, 5) is 19.6. The van der Waals surface area contributed by atoms with Crippen molar-refractivity contribution in [1.82, 2.24) is 15.0 Å². The van der Waals surface area contributed by atoms with Crippen LogP contribution in [-0.2, 0) is 21.7 Å². The molecule has 1 amide bonds. The van der Waals surface area contributed by atoms with Crippen molar-refractivity contribution in [2.75, 3.05) is 30.3 Å². The molecule has 4 rings (SSSR count). The molecule has 2 aromatic carbocycles. The minimum atomic E-state index is -3.82. The van der Waals surface area contributed by atoms with Gasteiger partial charge in [-0.05, 0) is 56.2 Å². The van der Waals surface area contributed by atoms with Crippen molar-refractivity contribution in [2.24, 2.45) is 12.5 Å². The summed E-state index contributed by atoms with van der Waals surface area (Å²) in [7, 11) is -1.89. The highest BCUT2D eigenvalue weighted by atomic mass is 32.2. The zero-order valence-electron chi connectivity index (χ0n) is 19.7. The fourth-order valence-electron chi connectivity index (χ4n) is 4.49. The molecular weight excluding hydrogens is 468 g/mol. The van der Waals surface area contributed by atoms with Crippen LogP contribution in [0.15, 0.2) is 53.4 Å². The van der Waals surface area contributed by atoms with E-state index in [9.17, 15) is 18.4 Å². The van der Waals surface area contributed by atoms with Gasteiger partial charge in [0.1, 0.15) is 12.4 Å². The normalized spacial score (nSPS) is 15.3. The molecule has 0 aliphatic carbocycles. The van der Waals surface area contributed by atoms with Gasteiger partial charge in [-0.3, -0.25) is 10.0 Å². The maximum Gasteiger partial charge on any atom is 0.250 e. The number of rotatable bonds is 7. The van der Waals surface area contributed by atoms with Gasteiger partial charge < -0.3 is 14.2 Å². The number of piperidine rings is 1. The molecular formula is C25H28N4O5S. The number of carbonyl (C=O) groups excluding carboxylic acids is 1. The fourth-order valence-corrected chi connectivity index (χ4v) is 6.35. The molecule has 0 bridgehead atoms. The summed E-state index contributed by atoms with van der Waals surface area (Å²) >= 11 is 0. The van der Waals surface area contributed by atoms with Crippen molar-refractivity contribution in [1.29, 1.82) is 0 Å². The first-order chi connectivity index (χ1) is 16.8. The number of fused-ring (bicyclic) bond motifs is 1. The molecule has 1 aliphatic rings. The Labute approximate surface area is 204 Å². The number of carbonyl (C=O) groups is 1. The standard InChI is InChI=1S/C25H28N4O5S/c1-3-4-17-34-19-9-11-20(12-10-19)35(32,33)18-25(23(30)27-31)13-15-29(16-14-25)24-26-21-7-5-6-8-22(21)28(24)2/h5-12,31H,13-18H2,1-2H3,(H,27,30). The van der Waals surface area contributed by atoms with Crippen molar-refractivity contribution < 1.29 is 23.2 Å². The predicted octanol–water partition coefficient (Wildman–Crippen LogP) is 2.54. The van der Waals surface area contributed by atoms with Gasteiger partial charge in [0.25, 0.3) is 5.91 Å². The topological polar surface area (TPSA) is 114 Å². The van der Waals surface area contributed by atoms with Gasteiger partial charge in [0, 0.05) is 20.1 Å². The summed E-state index contributed by atoms with van der Waals surface area (Å²) in [5.41, 5.74) is 2.29. The van der Waals surface area contributed by atoms with Gasteiger partial charge in [-0.25, -0.2) is 18.9 Å². The van der Waals surface area contributed by atoms with Crippen LogP contribution in [0.5, 0.6) is 5.75 Å². The number of nitrogens with one attached hydrogen (secondary N) is 1. The molecule has 0 radical (unpaired) electrons. The SMILES string of the molecule is CC#CCOc1ccc(S(=O)(=O)CC2(C(=O)NO)CCN(c3nc4ccccc4n3C)CC2)cc1. The molecule has 1 fully saturated rings. The quantitative estimate of drug-likeness (QED) is 0.294. The van der Waals surface area contributed by atoms with Crippen molar-refractivity contribution >= 4 is 32.7 Å². The van der Waals surface area contributed by atoms with E-state index in [1.807, 2.05) is 40.8 Å². The first kappa shape index (κ1) is 24.6. The minimum Gasteiger partial charge on any atom is -0.481 e. The number of anilines is 1. The van der Waals surface area contributed by atoms with E-state index < -0.39 is 26.9 Å². The third kappa shape index (κ3) is 4.97. The van der Waals surface area contributed by atoms with Crippen LogP contribution in [0.1, 0.15) is 19.8 Å². The molecule has 1 aliphatic heterocycles. The summed E-state index contributed by atoms with van der Waals surface area (Å²) in [6, 6.07) is 13.9. The molecule has 9 nitrogen and oxygen atoms in total. The van der Waals surface area contributed by atoms with Crippen LogP contribution in [-0.4, -0.2) is 54.5 Å². The summed E-state index contributed by atoms with van der Waals surface area (Å²) in [5.74, 6) is 5.66. The number of hydroxylamine groups is 1. The van der Waals surface area contributed by atoms with Gasteiger partial charge in [-0.1, -0.05) is 18.1 Å². The van der Waals surface area contributed by atoms with E-state index in [4.69, 9.17) is 9.72 Å².